The quantitative estimate of drug-likeness (QED) is 0.686. The molecule has 4 nitrogen and oxygen atoms in total. The van der Waals surface area contributed by atoms with E-state index < -0.39 is 0 Å². The highest BCUT2D eigenvalue weighted by Gasteiger charge is 2.24. The Morgan fingerprint density at radius 2 is 1.89 bits per heavy atom. The molecule has 0 saturated carbocycles. The summed E-state index contributed by atoms with van der Waals surface area (Å²) in [6.45, 7) is 6.34. The molecule has 0 bridgehead atoms. The first-order chi connectivity index (χ1) is 13.2. The molecule has 27 heavy (non-hydrogen) atoms. The van der Waals surface area contributed by atoms with Crippen LogP contribution in [-0.4, -0.2) is 27.5 Å². The third kappa shape index (κ3) is 3.94. The molecular formula is C23H24N4. The van der Waals surface area contributed by atoms with Crippen LogP contribution < -0.4 is 0 Å². The van der Waals surface area contributed by atoms with Crippen molar-refractivity contribution in [1.82, 2.24) is 14.5 Å². The molecule has 1 saturated heterocycles. The van der Waals surface area contributed by atoms with Gasteiger partial charge in [-0.2, -0.15) is 5.26 Å². The Hall–Kier alpha value is -2.90. The minimum absolute atomic E-state index is 0.638. The van der Waals surface area contributed by atoms with Crippen molar-refractivity contribution in [3.05, 3.63) is 77.6 Å². The first kappa shape index (κ1) is 17.5. The minimum atomic E-state index is 0.638. The fourth-order valence-corrected chi connectivity index (χ4v) is 3.92. The third-order valence-electron chi connectivity index (χ3n) is 5.39. The van der Waals surface area contributed by atoms with E-state index >= 15 is 0 Å². The second-order valence-electron chi connectivity index (χ2n) is 7.40. The molecule has 4 heteroatoms. The van der Waals surface area contributed by atoms with E-state index in [1.165, 1.54) is 23.2 Å². The molecule has 0 N–H and O–H groups in total. The second-order valence-corrected chi connectivity index (χ2v) is 7.40. The molecular weight excluding hydrogens is 332 g/mol. The summed E-state index contributed by atoms with van der Waals surface area (Å²) in [4.78, 5) is 7.17. The summed E-state index contributed by atoms with van der Waals surface area (Å²) in [5.41, 5.74) is 4.40. The molecule has 1 aromatic heterocycles. The van der Waals surface area contributed by atoms with E-state index in [-0.39, 0.29) is 0 Å². The number of nitriles is 1. The van der Waals surface area contributed by atoms with Crippen molar-refractivity contribution in [3.63, 3.8) is 0 Å². The molecule has 0 aliphatic carbocycles. The number of nitrogens with zero attached hydrogens (tertiary/aromatic N) is 4. The fourth-order valence-electron chi connectivity index (χ4n) is 3.92. The van der Waals surface area contributed by atoms with Gasteiger partial charge in [-0.1, -0.05) is 42.5 Å². The largest absolute Gasteiger partial charge is 0.328 e. The summed E-state index contributed by atoms with van der Waals surface area (Å²) in [7, 11) is 0. The normalized spacial score (nSPS) is 17.1. The van der Waals surface area contributed by atoms with Gasteiger partial charge >= 0.3 is 0 Å². The van der Waals surface area contributed by atoms with Crippen LogP contribution in [0.25, 0.3) is 11.4 Å². The van der Waals surface area contributed by atoms with Crippen LogP contribution >= 0.6 is 0 Å². The lowest BCUT2D eigenvalue weighted by Gasteiger charge is -2.18. The number of likely N-dealkylation sites (tertiary alicyclic amines) is 1. The van der Waals surface area contributed by atoms with Gasteiger partial charge in [0, 0.05) is 37.1 Å². The maximum absolute atomic E-state index is 8.93. The van der Waals surface area contributed by atoms with Crippen LogP contribution in [0, 0.1) is 24.2 Å². The van der Waals surface area contributed by atoms with Crippen LogP contribution in [0.4, 0.5) is 0 Å². The Bertz CT molecular complexity index is 935. The van der Waals surface area contributed by atoms with Gasteiger partial charge in [-0.05, 0) is 43.5 Å². The van der Waals surface area contributed by atoms with E-state index in [1.54, 1.807) is 0 Å². The summed E-state index contributed by atoms with van der Waals surface area (Å²) < 4.78 is 2.37. The molecule has 1 atom stereocenters. The molecule has 1 aliphatic rings. The Balaban J connectivity index is 1.42. The van der Waals surface area contributed by atoms with Crippen molar-refractivity contribution in [2.24, 2.45) is 5.92 Å². The molecule has 0 amide bonds. The predicted molar refractivity (Wildman–Crippen MR) is 107 cm³/mol. The lowest BCUT2D eigenvalue weighted by Crippen LogP contribution is -2.22. The van der Waals surface area contributed by atoms with E-state index in [2.05, 4.69) is 63.8 Å². The summed E-state index contributed by atoms with van der Waals surface area (Å²) >= 11 is 0. The van der Waals surface area contributed by atoms with Crippen molar-refractivity contribution in [2.45, 2.75) is 26.4 Å². The Labute approximate surface area is 160 Å². The van der Waals surface area contributed by atoms with E-state index in [1.807, 2.05) is 24.4 Å². The summed E-state index contributed by atoms with van der Waals surface area (Å²) in [6.07, 6.45) is 3.19. The van der Waals surface area contributed by atoms with Gasteiger partial charge < -0.3 is 4.57 Å². The number of hydrogen-bond donors (Lipinski definition) is 0. The zero-order valence-corrected chi connectivity index (χ0v) is 15.7. The van der Waals surface area contributed by atoms with Crippen molar-refractivity contribution in [3.8, 4) is 17.5 Å². The molecule has 1 fully saturated rings. The molecule has 2 heterocycles. The molecule has 1 unspecified atom stereocenters. The number of rotatable bonds is 5. The van der Waals surface area contributed by atoms with Gasteiger partial charge in [-0.25, -0.2) is 4.98 Å². The molecule has 0 spiro atoms. The highest BCUT2D eigenvalue weighted by atomic mass is 15.2. The topological polar surface area (TPSA) is 44.9 Å². The Morgan fingerprint density at radius 3 is 2.63 bits per heavy atom. The zero-order valence-electron chi connectivity index (χ0n) is 15.7. The number of aromatic nitrogens is 2. The fraction of sp³-hybridized carbons (Fsp3) is 0.304. The van der Waals surface area contributed by atoms with Gasteiger partial charge in [0.25, 0.3) is 0 Å². The predicted octanol–water partition coefficient (Wildman–Crippen LogP) is 4.25. The lowest BCUT2D eigenvalue weighted by molar-refractivity contribution is 0.309. The van der Waals surface area contributed by atoms with E-state index in [0.29, 0.717) is 5.92 Å². The van der Waals surface area contributed by atoms with Crippen LogP contribution in [0.5, 0.6) is 0 Å². The second kappa shape index (κ2) is 7.77. The van der Waals surface area contributed by atoms with Gasteiger partial charge in [-0.3, -0.25) is 4.90 Å². The van der Waals surface area contributed by atoms with E-state index in [9.17, 15) is 0 Å². The average molecular weight is 356 g/mol. The maximum Gasteiger partial charge on any atom is 0.140 e. The number of aryl methyl sites for hydroxylation is 1. The molecule has 0 radical (unpaired) electrons. The van der Waals surface area contributed by atoms with Crippen LogP contribution in [0.1, 0.15) is 23.2 Å². The van der Waals surface area contributed by atoms with Gasteiger partial charge in [0.2, 0.25) is 0 Å². The Morgan fingerprint density at radius 1 is 1.11 bits per heavy atom. The van der Waals surface area contributed by atoms with Crippen molar-refractivity contribution in [2.75, 3.05) is 13.1 Å². The van der Waals surface area contributed by atoms with Gasteiger partial charge in [0.05, 0.1) is 11.6 Å². The summed E-state index contributed by atoms with van der Waals surface area (Å²) in [5.74, 6) is 1.71. The van der Waals surface area contributed by atoms with Crippen LogP contribution in [0.15, 0.2) is 60.8 Å². The highest BCUT2D eigenvalue weighted by Crippen LogP contribution is 2.25. The standard InChI is InChI=1S/C23H24N4/c1-18-14-25-23(22-5-3-2-4-6-22)27(18)17-21-11-12-26(16-21)15-20-9-7-19(13-24)8-10-20/h2-10,14,21H,11-12,15-17H2,1H3. The minimum Gasteiger partial charge on any atom is -0.328 e. The van der Waals surface area contributed by atoms with Gasteiger partial charge in [0.15, 0.2) is 0 Å². The SMILES string of the molecule is Cc1cnc(-c2ccccc2)n1CC1CCN(Cc2ccc(C#N)cc2)C1. The number of benzene rings is 2. The van der Waals surface area contributed by atoms with Crippen molar-refractivity contribution in [1.29, 1.82) is 5.26 Å². The Kier molecular flexibility index (Phi) is 5.04. The van der Waals surface area contributed by atoms with Crippen LogP contribution in [-0.2, 0) is 13.1 Å². The van der Waals surface area contributed by atoms with Gasteiger partial charge in [-0.15, -0.1) is 0 Å². The molecule has 136 valence electrons. The monoisotopic (exact) mass is 356 g/mol. The van der Waals surface area contributed by atoms with Crippen LogP contribution in [0.3, 0.4) is 0 Å². The molecule has 1 aliphatic heterocycles. The molecule has 2 aromatic carbocycles. The first-order valence-corrected chi connectivity index (χ1v) is 9.52. The summed E-state index contributed by atoms with van der Waals surface area (Å²) in [5, 5.41) is 8.93. The highest BCUT2D eigenvalue weighted by molar-refractivity contribution is 5.55. The first-order valence-electron chi connectivity index (χ1n) is 9.52. The van der Waals surface area contributed by atoms with Crippen molar-refractivity contribution < 1.29 is 0 Å². The van der Waals surface area contributed by atoms with E-state index in [0.717, 1.165) is 37.6 Å². The van der Waals surface area contributed by atoms with Crippen molar-refractivity contribution >= 4 is 0 Å². The lowest BCUT2D eigenvalue weighted by atomic mass is 10.1. The molecule has 4 rings (SSSR count). The smallest absolute Gasteiger partial charge is 0.140 e. The summed E-state index contributed by atoms with van der Waals surface area (Å²) in [6, 6.07) is 20.6. The van der Waals surface area contributed by atoms with Crippen LogP contribution in [0.2, 0.25) is 0 Å². The molecule has 3 aromatic rings. The number of hydrogen-bond acceptors (Lipinski definition) is 3. The van der Waals surface area contributed by atoms with E-state index in [4.69, 9.17) is 5.26 Å². The average Bonchev–Trinajstić information content (AvgIpc) is 3.30. The van der Waals surface area contributed by atoms with Gasteiger partial charge in [0.1, 0.15) is 5.82 Å². The number of imidazole rings is 1. The maximum atomic E-state index is 8.93. The zero-order chi connectivity index (χ0) is 18.6. The third-order valence-corrected chi connectivity index (χ3v) is 5.39.